The average Bonchev–Trinajstić information content (AvgIpc) is 2.38. The fourth-order valence-corrected chi connectivity index (χ4v) is 1.77. The van der Waals surface area contributed by atoms with Crippen LogP contribution in [0.2, 0.25) is 5.02 Å². The fourth-order valence-electron chi connectivity index (χ4n) is 1.60. The van der Waals surface area contributed by atoms with Crippen LogP contribution in [0.25, 0.3) is 11.1 Å². The van der Waals surface area contributed by atoms with E-state index < -0.39 is 5.97 Å². The van der Waals surface area contributed by atoms with Gasteiger partial charge in [0.2, 0.25) is 0 Å². The minimum absolute atomic E-state index is 0.0468. The molecule has 6 heteroatoms. The summed E-state index contributed by atoms with van der Waals surface area (Å²) in [5, 5.41) is 16.9. The molecule has 2 aromatic rings. The molecule has 1 aromatic heterocycles. The predicted octanol–water partition coefficient (Wildman–Crippen LogP) is 2.50. The summed E-state index contributed by atoms with van der Waals surface area (Å²) in [5.41, 5.74) is 1.03. The van der Waals surface area contributed by atoms with Gasteiger partial charge in [-0.3, -0.25) is 0 Å². The van der Waals surface area contributed by atoms with Crippen molar-refractivity contribution in [3.63, 3.8) is 0 Å². The number of methoxy groups -OCH3 is 1. The van der Waals surface area contributed by atoms with Crippen molar-refractivity contribution in [2.45, 2.75) is 0 Å². The van der Waals surface area contributed by atoms with Gasteiger partial charge < -0.3 is 9.84 Å². The Hall–Kier alpha value is -2.14. The van der Waals surface area contributed by atoms with Gasteiger partial charge in [0, 0.05) is 16.1 Å². The largest absolute Gasteiger partial charge is 0.496 e. The number of hydrogen-bond donors (Lipinski definition) is 1. The molecule has 0 atom stereocenters. The third-order valence-electron chi connectivity index (χ3n) is 2.41. The molecule has 18 heavy (non-hydrogen) atoms. The zero-order valence-corrected chi connectivity index (χ0v) is 10.2. The van der Waals surface area contributed by atoms with Crippen LogP contribution in [0, 0.1) is 0 Å². The zero-order valence-electron chi connectivity index (χ0n) is 9.42. The minimum Gasteiger partial charge on any atom is -0.496 e. The maximum Gasteiger partial charge on any atom is 0.338 e. The molecule has 0 saturated heterocycles. The second-order valence-electron chi connectivity index (χ2n) is 3.47. The number of carboxylic acid groups (broad SMARTS) is 1. The molecule has 0 amide bonds. The second-order valence-corrected chi connectivity index (χ2v) is 3.90. The standard InChI is InChI=1S/C12H9ClN2O3/c1-18-11-3-2-7(13)4-8(11)9-5-14-15-6-10(9)12(16)17/h2-6H,1H3,(H,16,17). The number of benzene rings is 1. The maximum atomic E-state index is 11.1. The molecule has 1 heterocycles. The first-order chi connectivity index (χ1) is 8.63. The molecule has 1 aromatic carbocycles. The Morgan fingerprint density at radius 1 is 1.28 bits per heavy atom. The van der Waals surface area contributed by atoms with Gasteiger partial charge in [-0.15, -0.1) is 0 Å². The second kappa shape index (κ2) is 5.01. The first-order valence-corrected chi connectivity index (χ1v) is 5.39. The number of aromatic nitrogens is 2. The van der Waals surface area contributed by atoms with Crippen LogP contribution in [0.15, 0.2) is 30.6 Å². The third-order valence-corrected chi connectivity index (χ3v) is 2.65. The Labute approximate surface area is 108 Å². The Kier molecular flexibility index (Phi) is 3.43. The molecule has 2 rings (SSSR count). The predicted molar refractivity (Wildman–Crippen MR) is 66.0 cm³/mol. The van der Waals surface area contributed by atoms with E-state index in [-0.39, 0.29) is 5.56 Å². The van der Waals surface area contributed by atoms with Crippen molar-refractivity contribution in [3.8, 4) is 16.9 Å². The van der Waals surface area contributed by atoms with Gasteiger partial charge in [-0.25, -0.2) is 4.79 Å². The normalized spacial score (nSPS) is 10.1. The maximum absolute atomic E-state index is 11.1. The van der Waals surface area contributed by atoms with Crippen molar-refractivity contribution in [2.24, 2.45) is 0 Å². The van der Waals surface area contributed by atoms with Crippen LogP contribution in [0.4, 0.5) is 0 Å². The highest BCUT2D eigenvalue weighted by molar-refractivity contribution is 6.31. The quantitative estimate of drug-likeness (QED) is 0.922. The van der Waals surface area contributed by atoms with Gasteiger partial charge in [0.15, 0.2) is 0 Å². The van der Waals surface area contributed by atoms with Crippen LogP contribution in [0.1, 0.15) is 10.4 Å². The Bertz CT molecular complexity index is 602. The number of hydrogen-bond acceptors (Lipinski definition) is 4. The zero-order chi connectivity index (χ0) is 13.1. The Morgan fingerprint density at radius 3 is 2.67 bits per heavy atom. The monoisotopic (exact) mass is 264 g/mol. The van der Waals surface area contributed by atoms with Crippen LogP contribution < -0.4 is 4.74 Å². The number of aromatic carboxylic acids is 1. The minimum atomic E-state index is -1.08. The first kappa shape index (κ1) is 12.3. The molecule has 0 saturated carbocycles. The van der Waals surface area contributed by atoms with Crippen molar-refractivity contribution >= 4 is 17.6 Å². The van der Waals surface area contributed by atoms with Crippen molar-refractivity contribution in [1.29, 1.82) is 0 Å². The van der Waals surface area contributed by atoms with Crippen LogP contribution in [-0.4, -0.2) is 28.4 Å². The smallest absolute Gasteiger partial charge is 0.338 e. The SMILES string of the molecule is COc1ccc(Cl)cc1-c1cnncc1C(=O)O. The molecule has 0 aliphatic rings. The average molecular weight is 265 g/mol. The molecule has 0 fully saturated rings. The van der Waals surface area contributed by atoms with E-state index in [2.05, 4.69) is 10.2 Å². The van der Waals surface area contributed by atoms with Gasteiger partial charge in [0.1, 0.15) is 5.75 Å². The molecular formula is C12H9ClN2O3. The molecular weight excluding hydrogens is 256 g/mol. The fraction of sp³-hybridized carbons (Fsp3) is 0.0833. The molecule has 0 spiro atoms. The van der Waals surface area contributed by atoms with Crippen molar-refractivity contribution in [2.75, 3.05) is 7.11 Å². The summed E-state index contributed by atoms with van der Waals surface area (Å²) in [6.45, 7) is 0. The number of nitrogens with zero attached hydrogens (tertiary/aromatic N) is 2. The van der Waals surface area contributed by atoms with Crippen LogP contribution in [-0.2, 0) is 0 Å². The molecule has 0 aliphatic carbocycles. The number of carboxylic acids is 1. The van der Waals surface area contributed by atoms with Crippen molar-refractivity contribution in [1.82, 2.24) is 10.2 Å². The van der Waals surface area contributed by atoms with Crippen LogP contribution in [0.5, 0.6) is 5.75 Å². The molecule has 5 nitrogen and oxygen atoms in total. The summed E-state index contributed by atoms with van der Waals surface area (Å²) < 4.78 is 5.19. The highest BCUT2D eigenvalue weighted by Crippen LogP contribution is 2.33. The number of halogens is 1. The summed E-state index contributed by atoms with van der Waals surface area (Å²) in [7, 11) is 1.50. The van der Waals surface area contributed by atoms with Crippen molar-refractivity contribution < 1.29 is 14.6 Å². The van der Waals surface area contributed by atoms with Crippen LogP contribution in [0.3, 0.4) is 0 Å². The van der Waals surface area contributed by atoms with Gasteiger partial charge in [-0.05, 0) is 18.2 Å². The third kappa shape index (κ3) is 2.26. The molecule has 0 bridgehead atoms. The number of rotatable bonds is 3. The van der Waals surface area contributed by atoms with E-state index in [0.29, 0.717) is 21.9 Å². The summed E-state index contributed by atoms with van der Waals surface area (Å²) in [4.78, 5) is 11.1. The highest BCUT2D eigenvalue weighted by atomic mass is 35.5. The lowest BCUT2D eigenvalue weighted by atomic mass is 10.0. The Morgan fingerprint density at radius 2 is 2.00 bits per heavy atom. The topological polar surface area (TPSA) is 72.3 Å². The van der Waals surface area contributed by atoms with Gasteiger partial charge in [-0.2, -0.15) is 10.2 Å². The molecule has 0 unspecified atom stereocenters. The first-order valence-electron chi connectivity index (χ1n) is 5.01. The van der Waals surface area contributed by atoms with Gasteiger partial charge in [-0.1, -0.05) is 11.6 Å². The van der Waals surface area contributed by atoms with Crippen molar-refractivity contribution in [3.05, 3.63) is 41.2 Å². The van der Waals surface area contributed by atoms with E-state index in [1.54, 1.807) is 18.2 Å². The van der Waals surface area contributed by atoms with E-state index in [4.69, 9.17) is 21.4 Å². The van der Waals surface area contributed by atoms with Gasteiger partial charge in [0.25, 0.3) is 0 Å². The molecule has 92 valence electrons. The van der Waals surface area contributed by atoms with E-state index in [1.807, 2.05) is 0 Å². The lowest BCUT2D eigenvalue weighted by Crippen LogP contribution is -2.02. The van der Waals surface area contributed by atoms with E-state index in [0.717, 1.165) is 0 Å². The van der Waals surface area contributed by atoms with E-state index in [9.17, 15) is 4.79 Å². The summed E-state index contributed by atoms with van der Waals surface area (Å²) >= 11 is 5.92. The lowest BCUT2D eigenvalue weighted by Gasteiger charge is -2.10. The lowest BCUT2D eigenvalue weighted by molar-refractivity contribution is 0.0697. The summed E-state index contributed by atoms with van der Waals surface area (Å²) in [6.07, 6.45) is 2.57. The van der Waals surface area contributed by atoms with E-state index in [1.165, 1.54) is 19.5 Å². The molecule has 0 aliphatic heterocycles. The number of ether oxygens (including phenoxy) is 1. The van der Waals surface area contributed by atoms with E-state index >= 15 is 0 Å². The van der Waals surface area contributed by atoms with Gasteiger partial charge in [0.05, 0.1) is 25.1 Å². The van der Waals surface area contributed by atoms with Gasteiger partial charge >= 0.3 is 5.97 Å². The highest BCUT2D eigenvalue weighted by Gasteiger charge is 2.16. The number of carbonyl (C=O) groups is 1. The molecule has 0 radical (unpaired) electrons. The Balaban J connectivity index is 2.68. The van der Waals surface area contributed by atoms with Crippen LogP contribution >= 0.6 is 11.6 Å². The summed E-state index contributed by atoms with van der Waals surface area (Å²) in [6, 6.07) is 4.96. The summed E-state index contributed by atoms with van der Waals surface area (Å²) in [5.74, 6) is -0.558. The molecule has 1 N–H and O–H groups in total.